The molecule has 2 fully saturated rings. The second kappa shape index (κ2) is 4.93. The smallest absolute Gasteiger partial charge is 0.0707 e. The Hall–Kier alpha value is -0.420. The van der Waals surface area contributed by atoms with Crippen LogP contribution in [0.5, 0.6) is 0 Å². The van der Waals surface area contributed by atoms with Crippen molar-refractivity contribution in [3.8, 4) is 0 Å². The van der Waals surface area contributed by atoms with Gasteiger partial charge in [-0.15, -0.1) is 11.3 Å². The number of hydrogen-bond donors (Lipinski definition) is 1. The van der Waals surface area contributed by atoms with Gasteiger partial charge in [0.25, 0.3) is 0 Å². The minimum atomic E-state index is 0.167. The van der Waals surface area contributed by atoms with Gasteiger partial charge in [-0.05, 0) is 38.8 Å². The van der Waals surface area contributed by atoms with Crippen LogP contribution in [0.3, 0.4) is 0 Å². The number of hydrogen-bond acceptors (Lipinski definition) is 4. The third-order valence-electron chi connectivity index (χ3n) is 4.02. The first-order valence-corrected chi connectivity index (χ1v) is 7.66. The van der Waals surface area contributed by atoms with Crippen molar-refractivity contribution >= 4 is 11.3 Å². The Labute approximate surface area is 113 Å². The molecule has 2 saturated heterocycles. The van der Waals surface area contributed by atoms with Crippen LogP contribution in [0.15, 0.2) is 12.1 Å². The van der Waals surface area contributed by atoms with Crippen LogP contribution in [0.1, 0.15) is 35.6 Å². The topological polar surface area (TPSA) is 38.5 Å². The summed E-state index contributed by atoms with van der Waals surface area (Å²) in [6.45, 7) is 6.37. The van der Waals surface area contributed by atoms with E-state index >= 15 is 0 Å². The zero-order chi connectivity index (χ0) is 12.7. The Morgan fingerprint density at radius 1 is 1.33 bits per heavy atom. The van der Waals surface area contributed by atoms with Crippen molar-refractivity contribution in [3.05, 3.63) is 21.9 Å². The summed E-state index contributed by atoms with van der Waals surface area (Å²) < 4.78 is 5.92. The van der Waals surface area contributed by atoms with Crippen LogP contribution < -0.4 is 5.73 Å². The SMILES string of the molecule is Cc1ccc(C(C(C)N)N2CC3CCC(C2)O3)s1. The predicted molar refractivity (Wildman–Crippen MR) is 74.9 cm³/mol. The van der Waals surface area contributed by atoms with E-state index < -0.39 is 0 Å². The number of fused-ring (bicyclic) bond motifs is 2. The van der Waals surface area contributed by atoms with E-state index in [1.54, 1.807) is 0 Å². The number of aryl methyl sites for hydroxylation is 1. The molecule has 2 aliphatic heterocycles. The largest absolute Gasteiger partial charge is 0.372 e. The Morgan fingerprint density at radius 3 is 2.50 bits per heavy atom. The molecule has 3 nitrogen and oxygen atoms in total. The normalized spacial score (nSPS) is 31.5. The van der Waals surface area contributed by atoms with E-state index in [4.69, 9.17) is 10.5 Å². The zero-order valence-electron chi connectivity index (χ0n) is 11.1. The van der Waals surface area contributed by atoms with E-state index in [1.807, 2.05) is 11.3 Å². The molecule has 100 valence electrons. The summed E-state index contributed by atoms with van der Waals surface area (Å²) >= 11 is 1.88. The van der Waals surface area contributed by atoms with Gasteiger partial charge in [-0.25, -0.2) is 0 Å². The number of morpholine rings is 1. The monoisotopic (exact) mass is 266 g/mol. The molecule has 0 aliphatic carbocycles. The lowest BCUT2D eigenvalue weighted by Gasteiger charge is -2.39. The lowest BCUT2D eigenvalue weighted by molar-refractivity contribution is -0.0554. The summed E-state index contributed by atoms with van der Waals surface area (Å²) in [5.74, 6) is 0. The molecule has 3 rings (SSSR count). The Balaban J connectivity index is 1.82. The van der Waals surface area contributed by atoms with E-state index in [0.29, 0.717) is 18.2 Å². The molecule has 0 radical (unpaired) electrons. The molecule has 0 amide bonds. The fourth-order valence-corrected chi connectivity index (χ4v) is 4.39. The van der Waals surface area contributed by atoms with Crippen LogP contribution >= 0.6 is 11.3 Å². The highest BCUT2D eigenvalue weighted by Gasteiger charge is 2.38. The molecule has 4 atom stereocenters. The third-order valence-corrected chi connectivity index (χ3v) is 5.09. The molecule has 1 aromatic rings. The highest BCUT2D eigenvalue weighted by Crippen LogP contribution is 2.35. The summed E-state index contributed by atoms with van der Waals surface area (Å²) in [6, 6.07) is 4.96. The van der Waals surface area contributed by atoms with Crippen molar-refractivity contribution in [3.63, 3.8) is 0 Å². The summed E-state index contributed by atoms with van der Waals surface area (Å²) in [6.07, 6.45) is 3.31. The molecular weight excluding hydrogens is 244 g/mol. The molecule has 3 heterocycles. The molecule has 0 aromatic carbocycles. The number of nitrogens with two attached hydrogens (primary N) is 1. The molecule has 4 unspecified atom stereocenters. The van der Waals surface area contributed by atoms with Crippen LogP contribution in [0.25, 0.3) is 0 Å². The van der Waals surface area contributed by atoms with E-state index in [0.717, 1.165) is 13.1 Å². The number of ether oxygens (including phenoxy) is 1. The van der Waals surface area contributed by atoms with Gasteiger partial charge in [0.05, 0.1) is 18.2 Å². The maximum Gasteiger partial charge on any atom is 0.0707 e. The Morgan fingerprint density at radius 2 is 2.00 bits per heavy atom. The molecule has 4 heteroatoms. The highest BCUT2D eigenvalue weighted by molar-refractivity contribution is 7.12. The van der Waals surface area contributed by atoms with E-state index in [1.165, 1.54) is 22.6 Å². The molecule has 0 spiro atoms. The number of thiophene rings is 1. The molecule has 0 saturated carbocycles. The lowest BCUT2D eigenvalue weighted by Crippen LogP contribution is -2.48. The summed E-state index contributed by atoms with van der Waals surface area (Å²) in [5.41, 5.74) is 6.24. The van der Waals surface area contributed by atoms with Gasteiger partial charge < -0.3 is 10.5 Å². The van der Waals surface area contributed by atoms with Crippen molar-refractivity contribution in [2.45, 2.75) is 51.0 Å². The second-order valence-electron chi connectivity index (χ2n) is 5.66. The summed E-state index contributed by atoms with van der Waals surface area (Å²) in [4.78, 5) is 5.32. The van der Waals surface area contributed by atoms with Crippen molar-refractivity contribution in [1.29, 1.82) is 0 Å². The standard InChI is InChI=1S/C14H22N2OS/c1-9-3-6-13(18-9)14(10(2)15)16-7-11-4-5-12(8-16)17-11/h3,6,10-12,14H,4-5,7-8,15H2,1-2H3. The van der Waals surface area contributed by atoms with Gasteiger partial charge in [0.1, 0.15) is 0 Å². The first-order valence-electron chi connectivity index (χ1n) is 6.85. The van der Waals surface area contributed by atoms with Crippen molar-refractivity contribution in [1.82, 2.24) is 4.90 Å². The summed E-state index contributed by atoms with van der Waals surface area (Å²) in [7, 11) is 0. The van der Waals surface area contributed by atoms with Gasteiger partial charge in [-0.2, -0.15) is 0 Å². The molecule has 2 aliphatic rings. The maximum absolute atomic E-state index is 6.24. The highest BCUT2D eigenvalue weighted by atomic mass is 32.1. The van der Waals surface area contributed by atoms with Crippen LogP contribution in [0, 0.1) is 6.92 Å². The fourth-order valence-electron chi connectivity index (χ4n) is 3.26. The molecule has 1 aromatic heterocycles. The Bertz CT molecular complexity index is 406. The van der Waals surface area contributed by atoms with Crippen molar-refractivity contribution < 1.29 is 4.74 Å². The second-order valence-corrected chi connectivity index (χ2v) is 6.98. The van der Waals surface area contributed by atoms with E-state index in [2.05, 4.69) is 30.9 Å². The number of nitrogens with zero attached hydrogens (tertiary/aromatic N) is 1. The lowest BCUT2D eigenvalue weighted by atomic mass is 10.1. The minimum Gasteiger partial charge on any atom is -0.372 e. The van der Waals surface area contributed by atoms with Gasteiger partial charge in [0.2, 0.25) is 0 Å². The molecule has 2 N–H and O–H groups in total. The van der Waals surface area contributed by atoms with Crippen molar-refractivity contribution in [2.24, 2.45) is 5.73 Å². The minimum absolute atomic E-state index is 0.167. The first-order chi connectivity index (χ1) is 8.63. The molecule has 18 heavy (non-hydrogen) atoms. The van der Waals surface area contributed by atoms with E-state index in [-0.39, 0.29) is 6.04 Å². The fraction of sp³-hybridized carbons (Fsp3) is 0.714. The average Bonchev–Trinajstić information content (AvgIpc) is 2.86. The number of rotatable bonds is 3. The average molecular weight is 266 g/mol. The van der Waals surface area contributed by atoms with Gasteiger partial charge in [-0.1, -0.05) is 0 Å². The van der Waals surface area contributed by atoms with Crippen LogP contribution in [0.2, 0.25) is 0 Å². The maximum atomic E-state index is 6.24. The Kier molecular flexibility index (Phi) is 3.45. The zero-order valence-corrected chi connectivity index (χ0v) is 12.0. The van der Waals surface area contributed by atoms with Gasteiger partial charge >= 0.3 is 0 Å². The van der Waals surface area contributed by atoms with Crippen LogP contribution in [-0.2, 0) is 4.74 Å². The van der Waals surface area contributed by atoms with Crippen LogP contribution in [-0.4, -0.2) is 36.2 Å². The first kappa shape index (κ1) is 12.6. The molecule has 2 bridgehead atoms. The quantitative estimate of drug-likeness (QED) is 0.912. The van der Waals surface area contributed by atoms with Gasteiger partial charge in [-0.3, -0.25) is 4.90 Å². The van der Waals surface area contributed by atoms with Crippen molar-refractivity contribution in [2.75, 3.05) is 13.1 Å². The van der Waals surface area contributed by atoms with Gasteiger partial charge in [0.15, 0.2) is 0 Å². The third kappa shape index (κ3) is 2.35. The summed E-state index contributed by atoms with van der Waals surface area (Å²) in [5, 5.41) is 0. The molecular formula is C14H22N2OS. The predicted octanol–water partition coefficient (Wildman–Crippen LogP) is 2.31. The van der Waals surface area contributed by atoms with E-state index in [9.17, 15) is 0 Å². The number of likely N-dealkylation sites (tertiary alicyclic amines) is 1. The van der Waals surface area contributed by atoms with Gasteiger partial charge in [0, 0.05) is 28.9 Å². The van der Waals surface area contributed by atoms with Crippen LogP contribution in [0.4, 0.5) is 0 Å².